The molecule has 1 fully saturated rings. The Bertz CT molecular complexity index is 836. The Kier molecular flexibility index (Phi) is 3.94. The second kappa shape index (κ2) is 6.17. The third-order valence-electron chi connectivity index (χ3n) is 5.84. The van der Waals surface area contributed by atoms with Gasteiger partial charge in [-0.2, -0.15) is 0 Å². The van der Waals surface area contributed by atoms with Crippen LogP contribution < -0.4 is 15.5 Å². The lowest BCUT2D eigenvalue weighted by atomic mass is 9.87. The van der Waals surface area contributed by atoms with E-state index in [4.69, 9.17) is 23.2 Å². The van der Waals surface area contributed by atoms with E-state index >= 15 is 0 Å². The minimum Gasteiger partial charge on any atom is -0.366 e. The molecule has 2 aromatic carbocycles. The number of rotatable bonds is 1. The van der Waals surface area contributed by atoms with Gasteiger partial charge in [0.1, 0.15) is 0 Å². The minimum absolute atomic E-state index is 0.576. The number of fused-ring (bicyclic) bond motifs is 3. The van der Waals surface area contributed by atoms with E-state index in [1.54, 1.807) is 0 Å². The summed E-state index contributed by atoms with van der Waals surface area (Å²) in [5.41, 5.74) is 6.61. The quantitative estimate of drug-likeness (QED) is 0.789. The molecule has 3 aliphatic rings. The zero-order valence-corrected chi connectivity index (χ0v) is 15.5. The van der Waals surface area contributed by atoms with E-state index in [-0.39, 0.29) is 0 Å². The highest BCUT2D eigenvalue weighted by atomic mass is 35.5. The summed E-state index contributed by atoms with van der Waals surface area (Å²) in [7, 11) is 0. The van der Waals surface area contributed by atoms with Crippen molar-refractivity contribution in [3.63, 3.8) is 0 Å². The summed E-state index contributed by atoms with van der Waals surface area (Å²) in [5.74, 6) is 0.576. The van der Waals surface area contributed by atoms with Gasteiger partial charge in [0.2, 0.25) is 0 Å². The van der Waals surface area contributed by atoms with Gasteiger partial charge >= 0.3 is 0 Å². The van der Waals surface area contributed by atoms with Crippen LogP contribution >= 0.6 is 23.2 Å². The largest absolute Gasteiger partial charge is 0.366 e. The molecule has 2 aromatic rings. The molecule has 3 aliphatic heterocycles. The SMILES string of the molecule is Clc1ccc(-c2cc3c4c(c2)[C@H]2CNCC[C@H]2N4CCNC3)c(Cl)c1. The lowest BCUT2D eigenvalue weighted by Crippen LogP contribution is -2.45. The molecule has 0 aromatic heterocycles. The van der Waals surface area contributed by atoms with Gasteiger partial charge in [-0.1, -0.05) is 29.3 Å². The van der Waals surface area contributed by atoms with Crippen molar-refractivity contribution in [1.29, 1.82) is 0 Å². The van der Waals surface area contributed by atoms with Crippen molar-refractivity contribution in [2.24, 2.45) is 0 Å². The molecule has 130 valence electrons. The number of nitrogens with one attached hydrogen (secondary N) is 2. The van der Waals surface area contributed by atoms with E-state index in [0.717, 1.165) is 43.3 Å². The first-order chi connectivity index (χ1) is 12.2. The zero-order chi connectivity index (χ0) is 17.0. The maximum absolute atomic E-state index is 6.50. The van der Waals surface area contributed by atoms with Gasteiger partial charge in [-0.15, -0.1) is 0 Å². The van der Waals surface area contributed by atoms with Crippen LogP contribution in [0.15, 0.2) is 30.3 Å². The second-order valence-electron chi connectivity index (χ2n) is 7.23. The van der Waals surface area contributed by atoms with Gasteiger partial charge in [0.25, 0.3) is 0 Å². The van der Waals surface area contributed by atoms with Gasteiger partial charge in [-0.05, 0) is 53.9 Å². The van der Waals surface area contributed by atoms with Crippen LogP contribution in [0.1, 0.15) is 23.5 Å². The molecule has 0 spiro atoms. The maximum atomic E-state index is 6.50. The molecule has 2 atom stereocenters. The number of halogens is 2. The first-order valence-corrected chi connectivity index (χ1v) is 9.78. The molecular weight excluding hydrogens is 353 g/mol. The van der Waals surface area contributed by atoms with Crippen molar-refractivity contribution in [3.05, 3.63) is 51.5 Å². The molecule has 5 rings (SSSR count). The highest BCUT2D eigenvalue weighted by Gasteiger charge is 2.41. The van der Waals surface area contributed by atoms with Crippen molar-refractivity contribution in [2.45, 2.75) is 24.9 Å². The molecular formula is C20H21Cl2N3. The summed E-state index contributed by atoms with van der Waals surface area (Å²) in [5, 5.41) is 8.57. The fraction of sp³-hybridized carbons (Fsp3) is 0.400. The third-order valence-corrected chi connectivity index (χ3v) is 6.39. The van der Waals surface area contributed by atoms with Gasteiger partial charge in [0, 0.05) is 59.4 Å². The predicted molar refractivity (Wildman–Crippen MR) is 105 cm³/mol. The standard InChI is InChI=1S/C20H21Cl2N3/c21-14-1-2-15(18(22)9-14)12-7-13-10-24-5-6-25-19-3-4-23-11-17(19)16(8-12)20(13)25/h1-2,7-9,17,19,23-24H,3-6,10-11H2/t17-,19-/m1/s1. The Hall–Kier alpha value is -1.26. The molecule has 3 heterocycles. The zero-order valence-electron chi connectivity index (χ0n) is 14.0. The number of piperidine rings is 1. The Morgan fingerprint density at radius 1 is 1.04 bits per heavy atom. The Morgan fingerprint density at radius 2 is 1.96 bits per heavy atom. The highest BCUT2D eigenvalue weighted by molar-refractivity contribution is 6.36. The Morgan fingerprint density at radius 3 is 2.84 bits per heavy atom. The number of hydrogen-bond donors (Lipinski definition) is 2. The summed E-state index contributed by atoms with van der Waals surface area (Å²) in [6.07, 6.45) is 1.22. The average molecular weight is 374 g/mol. The van der Waals surface area contributed by atoms with Gasteiger partial charge in [-0.3, -0.25) is 0 Å². The van der Waals surface area contributed by atoms with Crippen molar-refractivity contribution in [3.8, 4) is 11.1 Å². The predicted octanol–water partition coefficient (Wildman–Crippen LogP) is 4.03. The molecule has 25 heavy (non-hydrogen) atoms. The van der Waals surface area contributed by atoms with Crippen LogP contribution in [0.25, 0.3) is 11.1 Å². The molecule has 5 heteroatoms. The summed E-state index contributed by atoms with van der Waals surface area (Å²) in [6, 6.07) is 11.1. The van der Waals surface area contributed by atoms with Gasteiger partial charge in [0.15, 0.2) is 0 Å². The van der Waals surface area contributed by atoms with E-state index in [1.165, 1.54) is 28.8 Å². The van der Waals surface area contributed by atoms with E-state index in [0.29, 0.717) is 17.0 Å². The lowest BCUT2D eigenvalue weighted by molar-refractivity contribution is 0.402. The number of benzene rings is 2. The van der Waals surface area contributed by atoms with E-state index in [2.05, 4.69) is 27.7 Å². The van der Waals surface area contributed by atoms with Crippen LogP contribution in [0.5, 0.6) is 0 Å². The van der Waals surface area contributed by atoms with E-state index in [9.17, 15) is 0 Å². The number of nitrogens with zero attached hydrogens (tertiary/aromatic N) is 1. The van der Waals surface area contributed by atoms with E-state index < -0.39 is 0 Å². The normalized spacial score (nSPS) is 24.6. The summed E-state index contributed by atoms with van der Waals surface area (Å²) >= 11 is 12.6. The number of hydrogen-bond acceptors (Lipinski definition) is 3. The van der Waals surface area contributed by atoms with Crippen molar-refractivity contribution in [2.75, 3.05) is 31.1 Å². The third kappa shape index (κ3) is 2.57. The molecule has 2 N–H and O–H groups in total. The lowest BCUT2D eigenvalue weighted by Gasteiger charge is -2.33. The Balaban J connectivity index is 1.69. The fourth-order valence-corrected chi connectivity index (χ4v) is 5.28. The molecule has 0 amide bonds. The van der Waals surface area contributed by atoms with Crippen molar-refractivity contribution in [1.82, 2.24) is 10.6 Å². The van der Waals surface area contributed by atoms with Gasteiger partial charge in [-0.25, -0.2) is 0 Å². The topological polar surface area (TPSA) is 27.3 Å². The summed E-state index contributed by atoms with van der Waals surface area (Å²) in [4.78, 5) is 2.66. The van der Waals surface area contributed by atoms with Crippen molar-refractivity contribution >= 4 is 28.9 Å². The average Bonchev–Trinajstić information content (AvgIpc) is 2.77. The van der Waals surface area contributed by atoms with E-state index in [1.807, 2.05) is 18.2 Å². The molecule has 0 radical (unpaired) electrons. The van der Waals surface area contributed by atoms with Crippen LogP contribution in [-0.2, 0) is 6.54 Å². The van der Waals surface area contributed by atoms with Crippen LogP contribution in [0, 0.1) is 0 Å². The van der Waals surface area contributed by atoms with Gasteiger partial charge in [0.05, 0.1) is 0 Å². The molecule has 0 saturated carbocycles. The highest BCUT2D eigenvalue weighted by Crippen LogP contribution is 2.48. The van der Waals surface area contributed by atoms with Crippen LogP contribution in [0.2, 0.25) is 10.0 Å². The number of anilines is 1. The second-order valence-corrected chi connectivity index (χ2v) is 8.08. The first kappa shape index (κ1) is 16.0. The Labute approximate surface area is 158 Å². The van der Waals surface area contributed by atoms with Crippen LogP contribution in [-0.4, -0.2) is 32.2 Å². The van der Waals surface area contributed by atoms with Crippen LogP contribution in [0.3, 0.4) is 0 Å². The first-order valence-electron chi connectivity index (χ1n) is 9.03. The minimum atomic E-state index is 0.576. The summed E-state index contributed by atoms with van der Waals surface area (Å²) in [6.45, 7) is 5.25. The molecule has 0 aliphatic carbocycles. The van der Waals surface area contributed by atoms with Gasteiger partial charge < -0.3 is 15.5 Å². The molecule has 0 bridgehead atoms. The molecule has 1 saturated heterocycles. The fourth-order valence-electron chi connectivity index (χ4n) is 4.77. The monoisotopic (exact) mass is 373 g/mol. The summed E-state index contributed by atoms with van der Waals surface area (Å²) < 4.78 is 0. The smallest absolute Gasteiger partial charge is 0.0499 e. The maximum Gasteiger partial charge on any atom is 0.0499 e. The van der Waals surface area contributed by atoms with Crippen molar-refractivity contribution < 1.29 is 0 Å². The molecule has 3 nitrogen and oxygen atoms in total. The van der Waals surface area contributed by atoms with Crippen LogP contribution in [0.4, 0.5) is 5.69 Å². The molecule has 0 unspecified atom stereocenters.